The van der Waals surface area contributed by atoms with Crippen LogP contribution in [0.2, 0.25) is 0 Å². The summed E-state index contributed by atoms with van der Waals surface area (Å²) in [5.41, 5.74) is 0. The number of halogens is 2. The van der Waals surface area contributed by atoms with E-state index >= 15 is 0 Å². The Labute approximate surface area is 44.1 Å². The van der Waals surface area contributed by atoms with E-state index in [1.807, 2.05) is 0 Å². The van der Waals surface area contributed by atoms with Crippen LogP contribution in [0.25, 0.3) is 0 Å². The molecule has 3 heteroatoms. The van der Waals surface area contributed by atoms with Crippen LogP contribution in [0.1, 0.15) is 0 Å². The first-order chi connectivity index (χ1) is 2.27. The van der Waals surface area contributed by atoms with E-state index in [0.717, 1.165) is 0 Å². The van der Waals surface area contributed by atoms with Crippen molar-refractivity contribution >= 4 is 22.6 Å². The van der Waals surface area contributed by atoms with Gasteiger partial charge in [-0.25, -0.2) is 4.39 Å². The summed E-state index contributed by atoms with van der Waals surface area (Å²) in [4.78, 5) is 0. The fourth-order valence-corrected chi connectivity index (χ4v) is 0. The lowest BCUT2D eigenvalue weighted by atomic mass is 11.2. The summed E-state index contributed by atoms with van der Waals surface area (Å²) in [5, 5.41) is 2.35. The van der Waals surface area contributed by atoms with Crippen LogP contribution < -0.4 is 5.32 Å². The molecule has 0 aliphatic carbocycles. The highest BCUT2D eigenvalue weighted by Crippen LogP contribution is 1.91. The summed E-state index contributed by atoms with van der Waals surface area (Å²) in [5.74, 6) is 0. The normalized spacial score (nSPS) is 15.0. The fraction of sp³-hybridized carbons (Fsp3) is 1.00. The van der Waals surface area contributed by atoms with E-state index < -0.39 is 4.30 Å². The van der Waals surface area contributed by atoms with Crippen molar-refractivity contribution in [2.75, 3.05) is 7.05 Å². The maximum absolute atomic E-state index is 11.3. The molecule has 1 atom stereocenters. The second-order valence-electron chi connectivity index (χ2n) is 0.589. The van der Waals surface area contributed by atoms with E-state index in [9.17, 15) is 4.39 Å². The van der Waals surface area contributed by atoms with Crippen LogP contribution in [0, 0.1) is 0 Å². The highest BCUT2D eigenvalue weighted by atomic mass is 127. The summed E-state index contributed by atoms with van der Waals surface area (Å²) >= 11 is 1.63. The van der Waals surface area contributed by atoms with Gasteiger partial charge in [0.05, 0.1) is 0 Å². The number of hydrogen-bond donors (Lipinski definition) is 1. The second-order valence-corrected chi connectivity index (χ2v) is 1.68. The van der Waals surface area contributed by atoms with Gasteiger partial charge in [0.15, 0.2) is 0 Å². The molecular weight excluding hydrogens is 184 g/mol. The lowest BCUT2D eigenvalue weighted by Gasteiger charge is -1.88. The summed E-state index contributed by atoms with van der Waals surface area (Å²) in [6.45, 7) is 0. The van der Waals surface area contributed by atoms with E-state index in [2.05, 4.69) is 5.32 Å². The molecule has 0 aromatic carbocycles. The number of rotatable bonds is 1. The van der Waals surface area contributed by atoms with Gasteiger partial charge < -0.3 is 0 Å². The van der Waals surface area contributed by atoms with Crippen LogP contribution in [0.4, 0.5) is 4.39 Å². The minimum atomic E-state index is -0.896. The van der Waals surface area contributed by atoms with Crippen LogP contribution >= 0.6 is 22.6 Å². The first kappa shape index (κ1) is 5.62. The van der Waals surface area contributed by atoms with Gasteiger partial charge in [-0.15, -0.1) is 0 Å². The Hall–Kier alpha value is 0.620. The molecule has 0 fully saturated rings. The van der Waals surface area contributed by atoms with Crippen LogP contribution in [-0.2, 0) is 0 Å². The van der Waals surface area contributed by atoms with Crippen LogP contribution in [-0.4, -0.2) is 11.4 Å². The molecule has 0 aliphatic rings. The highest BCUT2D eigenvalue weighted by molar-refractivity contribution is 14.1. The first-order valence-electron chi connectivity index (χ1n) is 1.23. The molecule has 0 aromatic rings. The topological polar surface area (TPSA) is 12.0 Å². The fourth-order valence-electron chi connectivity index (χ4n) is 0. The molecule has 0 amide bonds. The molecule has 0 bridgehead atoms. The summed E-state index contributed by atoms with van der Waals surface area (Å²) in [7, 11) is 1.57. The van der Waals surface area contributed by atoms with Crippen molar-refractivity contribution in [2.24, 2.45) is 0 Å². The molecule has 32 valence electrons. The Morgan fingerprint density at radius 2 is 2.20 bits per heavy atom. The summed E-state index contributed by atoms with van der Waals surface area (Å²) in [6.07, 6.45) is 0. The maximum atomic E-state index is 11.3. The van der Waals surface area contributed by atoms with Gasteiger partial charge in [-0.2, -0.15) is 0 Å². The van der Waals surface area contributed by atoms with E-state index in [4.69, 9.17) is 0 Å². The molecule has 0 radical (unpaired) electrons. The number of alkyl halides is 2. The van der Waals surface area contributed by atoms with Crippen molar-refractivity contribution in [3.05, 3.63) is 0 Å². The van der Waals surface area contributed by atoms with Crippen LogP contribution in [0.5, 0.6) is 0 Å². The molecule has 1 nitrogen and oxygen atoms in total. The predicted octanol–water partition coefficient (Wildman–Crippen LogP) is 0.894. The van der Waals surface area contributed by atoms with Crippen molar-refractivity contribution in [3.8, 4) is 0 Å². The predicted molar refractivity (Wildman–Crippen MR) is 28.0 cm³/mol. The van der Waals surface area contributed by atoms with E-state index in [1.165, 1.54) is 0 Å². The molecule has 5 heavy (non-hydrogen) atoms. The second kappa shape index (κ2) is 2.84. The Bertz CT molecular complexity index is 23.6. The van der Waals surface area contributed by atoms with Gasteiger partial charge in [0.25, 0.3) is 0 Å². The minimum Gasteiger partial charge on any atom is -0.283 e. The van der Waals surface area contributed by atoms with Gasteiger partial charge >= 0.3 is 0 Å². The summed E-state index contributed by atoms with van der Waals surface area (Å²) in [6, 6.07) is 0. The Balaban J connectivity index is 2.54. The monoisotopic (exact) mass is 189 g/mol. The van der Waals surface area contributed by atoms with Gasteiger partial charge in [-0.1, -0.05) is 0 Å². The Morgan fingerprint density at radius 3 is 2.20 bits per heavy atom. The molecule has 1 N–H and O–H groups in total. The maximum Gasteiger partial charge on any atom is 0.202 e. The minimum absolute atomic E-state index is 0.896. The third-order valence-corrected chi connectivity index (χ3v) is 0.841. The average Bonchev–Trinajstić information content (AvgIpc) is 1.38. The molecule has 0 aromatic heterocycles. The van der Waals surface area contributed by atoms with Crippen molar-refractivity contribution < 1.29 is 4.39 Å². The molecule has 1 unspecified atom stereocenters. The standard InChI is InChI=1S/C2H5FIN/c1-5-2(3)4/h2,5H,1H3. The van der Waals surface area contributed by atoms with E-state index in [0.29, 0.717) is 0 Å². The highest BCUT2D eigenvalue weighted by Gasteiger charge is 1.85. The molecule has 0 spiro atoms. The quantitative estimate of drug-likeness (QED) is 0.367. The lowest BCUT2D eigenvalue weighted by Crippen LogP contribution is -2.10. The van der Waals surface area contributed by atoms with Crippen LogP contribution in [0.15, 0.2) is 0 Å². The molecule has 0 saturated heterocycles. The number of hydrogen-bond acceptors (Lipinski definition) is 1. The zero-order chi connectivity index (χ0) is 4.28. The van der Waals surface area contributed by atoms with Gasteiger partial charge in [-0.05, 0) is 29.6 Å². The van der Waals surface area contributed by atoms with Gasteiger partial charge in [0.2, 0.25) is 4.30 Å². The number of nitrogens with one attached hydrogen (secondary N) is 1. The van der Waals surface area contributed by atoms with E-state index in [-0.39, 0.29) is 0 Å². The molecule has 0 saturated carbocycles. The molecule has 0 heterocycles. The average molecular weight is 189 g/mol. The first-order valence-corrected chi connectivity index (χ1v) is 2.47. The van der Waals surface area contributed by atoms with Crippen molar-refractivity contribution in [1.29, 1.82) is 0 Å². The van der Waals surface area contributed by atoms with Gasteiger partial charge in [0.1, 0.15) is 0 Å². The smallest absolute Gasteiger partial charge is 0.202 e. The SMILES string of the molecule is CNC(F)I. The lowest BCUT2D eigenvalue weighted by molar-refractivity contribution is 0.428. The van der Waals surface area contributed by atoms with Crippen molar-refractivity contribution in [1.82, 2.24) is 5.32 Å². The molecular formula is C2H5FIN. The third-order valence-electron chi connectivity index (χ3n) is 0.218. The van der Waals surface area contributed by atoms with Gasteiger partial charge in [-0.3, -0.25) is 5.32 Å². The van der Waals surface area contributed by atoms with E-state index in [1.54, 1.807) is 29.6 Å². The van der Waals surface area contributed by atoms with Crippen LogP contribution in [0.3, 0.4) is 0 Å². The Morgan fingerprint density at radius 1 is 2.00 bits per heavy atom. The van der Waals surface area contributed by atoms with Crippen molar-refractivity contribution in [2.45, 2.75) is 4.30 Å². The zero-order valence-corrected chi connectivity index (χ0v) is 4.99. The largest absolute Gasteiger partial charge is 0.283 e. The zero-order valence-electron chi connectivity index (χ0n) is 2.83. The summed E-state index contributed by atoms with van der Waals surface area (Å²) < 4.78 is 10.4. The molecule has 0 rings (SSSR count). The third kappa shape index (κ3) is 4.62. The van der Waals surface area contributed by atoms with Gasteiger partial charge in [0, 0.05) is 0 Å². The Kier molecular flexibility index (Phi) is 3.19. The van der Waals surface area contributed by atoms with Crippen molar-refractivity contribution in [3.63, 3.8) is 0 Å². The molecule has 0 aliphatic heterocycles.